The van der Waals surface area contributed by atoms with E-state index in [0.717, 1.165) is 12.8 Å². The van der Waals surface area contributed by atoms with Gasteiger partial charge in [0.15, 0.2) is 0 Å². The van der Waals surface area contributed by atoms with Gasteiger partial charge in [-0.3, -0.25) is 0 Å². The van der Waals surface area contributed by atoms with Crippen LogP contribution in [0, 0.1) is 0 Å². The van der Waals surface area contributed by atoms with Crippen molar-refractivity contribution in [2.45, 2.75) is 77.6 Å². The van der Waals surface area contributed by atoms with Gasteiger partial charge in [-0.2, -0.15) is 0 Å². The fraction of sp³-hybridized carbons (Fsp3) is 0.857. The molecule has 0 aromatic heterocycles. The van der Waals surface area contributed by atoms with Crippen molar-refractivity contribution in [1.29, 1.82) is 0 Å². The van der Waals surface area contributed by atoms with Crippen LogP contribution in [-0.2, 0) is 0 Å². The van der Waals surface area contributed by atoms with E-state index in [2.05, 4.69) is 13.5 Å². The van der Waals surface area contributed by atoms with Gasteiger partial charge in [-0.25, -0.2) is 4.39 Å². The Morgan fingerprint density at radius 3 is 1.60 bits per heavy atom. The van der Waals surface area contributed by atoms with Gasteiger partial charge in [-0.15, -0.1) is 0 Å². The third-order valence-electron chi connectivity index (χ3n) is 2.80. The van der Waals surface area contributed by atoms with E-state index in [1.165, 1.54) is 51.4 Å². The topological polar surface area (TPSA) is 0 Å². The summed E-state index contributed by atoms with van der Waals surface area (Å²) in [6.07, 6.45) is 13.6. The van der Waals surface area contributed by atoms with Crippen LogP contribution in [0.25, 0.3) is 0 Å². The van der Waals surface area contributed by atoms with E-state index in [0.29, 0.717) is 6.42 Å². The van der Waals surface area contributed by atoms with Gasteiger partial charge in [-0.1, -0.05) is 71.3 Å². The summed E-state index contributed by atoms with van der Waals surface area (Å²) in [5, 5.41) is 0. The highest BCUT2D eigenvalue weighted by Gasteiger charge is 1.93. The second-order valence-corrected chi connectivity index (χ2v) is 4.45. The first-order valence-corrected chi connectivity index (χ1v) is 6.60. The Labute approximate surface area is 95.0 Å². The SMILES string of the molecule is C=C(F)CCCCCCCCCCCC. The molecule has 0 saturated heterocycles. The summed E-state index contributed by atoms with van der Waals surface area (Å²) in [5.74, 6) is -0.158. The minimum absolute atomic E-state index is 0.158. The summed E-state index contributed by atoms with van der Waals surface area (Å²) in [6.45, 7) is 5.51. The van der Waals surface area contributed by atoms with Crippen LogP contribution in [0.15, 0.2) is 12.4 Å². The van der Waals surface area contributed by atoms with E-state index in [9.17, 15) is 4.39 Å². The fourth-order valence-electron chi connectivity index (χ4n) is 1.80. The van der Waals surface area contributed by atoms with Crippen LogP contribution in [0.5, 0.6) is 0 Å². The molecule has 0 amide bonds. The molecule has 0 bridgehead atoms. The van der Waals surface area contributed by atoms with E-state index in [1.54, 1.807) is 0 Å². The lowest BCUT2D eigenvalue weighted by atomic mass is 10.1. The predicted octanol–water partition coefficient (Wildman–Crippen LogP) is 5.78. The third kappa shape index (κ3) is 13.7. The van der Waals surface area contributed by atoms with Crippen molar-refractivity contribution in [3.8, 4) is 0 Å². The highest BCUT2D eigenvalue weighted by molar-refractivity contribution is 4.78. The molecule has 0 spiro atoms. The first-order valence-electron chi connectivity index (χ1n) is 6.60. The Balaban J connectivity index is 2.89. The lowest BCUT2D eigenvalue weighted by Crippen LogP contribution is -1.82. The standard InChI is InChI=1S/C14H27F/c1-3-4-5-6-7-8-9-10-11-12-13-14(2)15/h2-13H2,1H3. The molecule has 0 aliphatic rings. The molecule has 0 aliphatic heterocycles. The Hall–Kier alpha value is -0.330. The minimum atomic E-state index is -0.158. The Bertz CT molecular complexity index is 140. The third-order valence-corrected chi connectivity index (χ3v) is 2.80. The van der Waals surface area contributed by atoms with Crippen molar-refractivity contribution < 1.29 is 4.39 Å². The normalized spacial score (nSPS) is 10.5. The van der Waals surface area contributed by atoms with Crippen molar-refractivity contribution in [2.24, 2.45) is 0 Å². The summed E-state index contributed by atoms with van der Waals surface area (Å²) >= 11 is 0. The average molecular weight is 214 g/mol. The van der Waals surface area contributed by atoms with Crippen LogP contribution < -0.4 is 0 Å². The molecule has 1 heteroatoms. The second kappa shape index (κ2) is 11.7. The highest BCUT2D eigenvalue weighted by Crippen LogP contribution is 2.13. The monoisotopic (exact) mass is 214 g/mol. The molecule has 0 aromatic carbocycles. The summed E-state index contributed by atoms with van der Waals surface area (Å²) in [4.78, 5) is 0. The molecule has 0 rings (SSSR count). The molecule has 0 N–H and O–H groups in total. The van der Waals surface area contributed by atoms with E-state index < -0.39 is 0 Å². The number of rotatable bonds is 11. The molecule has 0 saturated carbocycles. The van der Waals surface area contributed by atoms with Gasteiger partial charge in [0.25, 0.3) is 0 Å². The Morgan fingerprint density at radius 1 is 0.800 bits per heavy atom. The lowest BCUT2D eigenvalue weighted by Gasteiger charge is -2.01. The second-order valence-electron chi connectivity index (χ2n) is 4.45. The van der Waals surface area contributed by atoms with Gasteiger partial charge in [0, 0.05) is 0 Å². The van der Waals surface area contributed by atoms with Gasteiger partial charge in [-0.05, 0) is 12.8 Å². The van der Waals surface area contributed by atoms with Crippen molar-refractivity contribution in [2.75, 3.05) is 0 Å². The minimum Gasteiger partial charge on any atom is -0.212 e. The van der Waals surface area contributed by atoms with Crippen molar-refractivity contribution in [3.63, 3.8) is 0 Å². The highest BCUT2D eigenvalue weighted by atomic mass is 19.1. The maximum absolute atomic E-state index is 12.3. The van der Waals surface area contributed by atoms with Gasteiger partial charge < -0.3 is 0 Å². The number of unbranched alkanes of at least 4 members (excludes halogenated alkanes) is 9. The van der Waals surface area contributed by atoms with Crippen molar-refractivity contribution in [3.05, 3.63) is 12.4 Å². The lowest BCUT2D eigenvalue weighted by molar-refractivity contribution is 0.531. The van der Waals surface area contributed by atoms with E-state index in [4.69, 9.17) is 0 Å². The van der Waals surface area contributed by atoms with Crippen LogP contribution in [0.3, 0.4) is 0 Å². The molecular formula is C14H27F. The number of halogens is 1. The van der Waals surface area contributed by atoms with E-state index in [1.807, 2.05) is 0 Å². The zero-order chi connectivity index (χ0) is 11.4. The molecule has 90 valence electrons. The Kier molecular flexibility index (Phi) is 11.5. The average Bonchev–Trinajstić information content (AvgIpc) is 2.20. The maximum Gasteiger partial charge on any atom is 0.0928 e. The van der Waals surface area contributed by atoms with Gasteiger partial charge in [0.1, 0.15) is 0 Å². The summed E-state index contributed by atoms with van der Waals surface area (Å²) in [6, 6.07) is 0. The Morgan fingerprint density at radius 2 is 1.20 bits per heavy atom. The van der Waals surface area contributed by atoms with Crippen LogP contribution in [0.2, 0.25) is 0 Å². The van der Waals surface area contributed by atoms with Crippen LogP contribution in [-0.4, -0.2) is 0 Å². The predicted molar refractivity (Wildman–Crippen MR) is 66.7 cm³/mol. The quantitative estimate of drug-likeness (QED) is 0.382. The molecule has 0 unspecified atom stereocenters. The zero-order valence-electron chi connectivity index (χ0n) is 10.4. The van der Waals surface area contributed by atoms with Gasteiger partial charge in [0.05, 0.1) is 5.83 Å². The first-order chi connectivity index (χ1) is 7.27. The molecule has 0 heterocycles. The maximum atomic E-state index is 12.3. The molecular weight excluding hydrogens is 187 g/mol. The number of hydrogen-bond acceptors (Lipinski definition) is 0. The van der Waals surface area contributed by atoms with E-state index >= 15 is 0 Å². The first kappa shape index (κ1) is 14.7. The van der Waals surface area contributed by atoms with E-state index in [-0.39, 0.29) is 5.83 Å². The number of hydrogen-bond donors (Lipinski definition) is 0. The molecule has 0 atom stereocenters. The summed E-state index contributed by atoms with van der Waals surface area (Å²) in [5.41, 5.74) is 0. The molecule has 15 heavy (non-hydrogen) atoms. The van der Waals surface area contributed by atoms with Crippen LogP contribution >= 0.6 is 0 Å². The fourth-order valence-corrected chi connectivity index (χ4v) is 1.80. The summed E-state index contributed by atoms with van der Waals surface area (Å²) in [7, 11) is 0. The van der Waals surface area contributed by atoms with Gasteiger partial charge in [0.2, 0.25) is 0 Å². The molecule has 0 radical (unpaired) electrons. The molecule has 0 aromatic rings. The smallest absolute Gasteiger partial charge is 0.0928 e. The van der Waals surface area contributed by atoms with Crippen LogP contribution in [0.4, 0.5) is 4.39 Å². The molecule has 0 nitrogen and oxygen atoms in total. The number of allylic oxidation sites excluding steroid dienone is 1. The molecule has 0 fully saturated rings. The van der Waals surface area contributed by atoms with Crippen molar-refractivity contribution in [1.82, 2.24) is 0 Å². The largest absolute Gasteiger partial charge is 0.212 e. The van der Waals surface area contributed by atoms with Crippen LogP contribution in [0.1, 0.15) is 77.6 Å². The molecule has 0 aliphatic carbocycles. The van der Waals surface area contributed by atoms with Crippen molar-refractivity contribution >= 4 is 0 Å². The van der Waals surface area contributed by atoms with Gasteiger partial charge >= 0.3 is 0 Å². The zero-order valence-corrected chi connectivity index (χ0v) is 10.4. The summed E-state index contributed by atoms with van der Waals surface area (Å²) < 4.78 is 12.3.